The molecule has 5 heteroatoms. The first kappa shape index (κ1) is 18.8. The molecule has 0 spiro atoms. The lowest BCUT2D eigenvalue weighted by Gasteiger charge is -2.16. The van der Waals surface area contributed by atoms with E-state index in [9.17, 15) is 4.79 Å². The van der Waals surface area contributed by atoms with Gasteiger partial charge in [-0.1, -0.05) is 60.7 Å². The topological polar surface area (TPSA) is 59.8 Å². The highest BCUT2D eigenvalue weighted by molar-refractivity contribution is 5.73. The number of hydrogen-bond donors (Lipinski definition) is 1. The number of nitrogens with zero attached hydrogens (tertiary/aromatic N) is 3. The number of hydrogen-bond acceptors (Lipinski definition) is 3. The minimum absolute atomic E-state index is 0.0639. The van der Waals surface area contributed by atoms with Crippen molar-refractivity contribution in [2.24, 2.45) is 0 Å². The van der Waals surface area contributed by atoms with Gasteiger partial charge in [0, 0.05) is 19.9 Å². The Labute approximate surface area is 160 Å². The number of carbonyl (C=O) groups excluding carboxylic acids is 1. The first-order valence-corrected chi connectivity index (χ1v) is 9.40. The molecular weight excluding hydrogens is 336 g/mol. The number of carbonyl (C=O) groups is 1. The SMILES string of the molecule is CC(=O)N[C@H](C)c1nnc(CCc2ccccc2)n1CCc1ccccc1. The van der Waals surface area contributed by atoms with Crippen molar-refractivity contribution in [1.82, 2.24) is 20.1 Å². The summed E-state index contributed by atoms with van der Waals surface area (Å²) in [5.74, 6) is 1.71. The van der Waals surface area contributed by atoms with Crippen molar-refractivity contribution >= 4 is 5.91 Å². The Kier molecular flexibility index (Phi) is 6.36. The molecule has 0 aliphatic rings. The van der Waals surface area contributed by atoms with Crippen LogP contribution < -0.4 is 5.32 Å². The van der Waals surface area contributed by atoms with E-state index in [-0.39, 0.29) is 11.9 Å². The Morgan fingerprint density at radius 1 is 0.926 bits per heavy atom. The predicted octanol–water partition coefficient (Wildman–Crippen LogP) is 3.50. The second-order valence-electron chi connectivity index (χ2n) is 6.77. The molecule has 1 atom stereocenters. The van der Waals surface area contributed by atoms with Gasteiger partial charge in [-0.2, -0.15) is 0 Å². The molecule has 0 saturated heterocycles. The predicted molar refractivity (Wildman–Crippen MR) is 106 cm³/mol. The molecule has 0 fully saturated rings. The van der Waals surface area contributed by atoms with Gasteiger partial charge in [0.2, 0.25) is 5.91 Å². The van der Waals surface area contributed by atoms with E-state index < -0.39 is 0 Å². The normalized spacial score (nSPS) is 11.9. The van der Waals surface area contributed by atoms with Gasteiger partial charge in [-0.15, -0.1) is 10.2 Å². The zero-order valence-electron chi connectivity index (χ0n) is 15.9. The van der Waals surface area contributed by atoms with Crippen molar-refractivity contribution < 1.29 is 4.79 Å². The highest BCUT2D eigenvalue weighted by atomic mass is 16.1. The molecule has 3 aromatic rings. The molecule has 0 aliphatic carbocycles. The summed E-state index contributed by atoms with van der Waals surface area (Å²) < 4.78 is 2.16. The summed E-state index contributed by atoms with van der Waals surface area (Å²) in [7, 11) is 0. The molecule has 140 valence electrons. The van der Waals surface area contributed by atoms with Gasteiger partial charge < -0.3 is 9.88 Å². The van der Waals surface area contributed by atoms with Crippen LogP contribution in [0.1, 0.15) is 42.7 Å². The van der Waals surface area contributed by atoms with Gasteiger partial charge in [0.15, 0.2) is 5.82 Å². The van der Waals surface area contributed by atoms with Gasteiger partial charge in [-0.05, 0) is 30.9 Å². The minimum Gasteiger partial charge on any atom is -0.347 e. The summed E-state index contributed by atoms with van der Waals surface area (Å²) in [5, 5.41) is 11.7. The van der Waals surface area contributed by atoms with Crippen molar-refractivity contribution in [3.63, 3.8) is 0 Å². The number of aromatic nitrogens is 3. The van der Waals surface area contributed by atoms with Crippen LogP contribution in [0.2, 0.25) is 0 Å². The van der Waals surface area contributed by atoms with Gasteiger partial charge in [0.1, 0.15) is 5.82 Å². The van der Waals surface area contributed by atoms with Gasteiger partial charge in [-0.25, -0.2) is 0 Å². The molecule has 27 heavy (non-hydrogen) atoms. The van der Waals surface area contributed by atoms with Crippen LogP contribution in [0.15, 0.2) is 60.7 Å². The fraction of sp³-hybridized carbons (Fsp3) is 0.318. The largest absolute Gasteiger partial charge is 0.347 e. The van der Waals surface area contributed by atoms with Crippen molar-refractivity contribution in [3.8, 4) is 0 Å². The third kappa shape index (κ3) is 5.26. The van der Waals surface area contributed by atoms with Crippen molar-refractivity contribution in [2.45, 2.75) is 45.7 Å². The van der Waals surface area contributed by atoms with Gasteiger partial charge >= 0.3 is 0 Å². The maximum Gasteiger partial charge on any atom is 0.217 e. The van der Waals surface area contributed by atoms with Gasteiger partial charge in [0.25, 0.3) is 0 Å². The third-order valence-electron chi connectivity index (χ3n) is 4.61. The summed E-state index contributed by atoms with van der Waals surface area (Å²) in [6.45, 7) is 4.27. The molecular formula is C22H26N4O. The number of aryl methyl sites for hydroxylation is 3. The molecule has 1 aromatic heterocycles. The molecule has 0 bridgehead atoms. The zero-order valence-corrected chi connectivity index (χ0v) is 15.9. The Morgan fingerprint density at radius 3 is 2.11 bits per heavy atom. The van der Waals surface area contributed by atoms with Crippen LogP contribution in [-0.2, 0) is 30.6 Å². The quantitative estimate of drug-likeness (QED) is 0.667. The molecule has 5 nitrogen and oxygen atoms in total. The smallest absolute Gasteiger partial charge is 0.217 e. The highest BCUT2D eigenvalue weighted by Crippen LogP contribution is 2.15. The molecule has 0 radical (unpaired) electrons. The Hall–Kier alpha value is -2.95. The Morgan fingerprint density at radius 2 is 1.52 bits per heavy atom. The average molecular weight is 362 g/mol. The van der Waals surface area contributed by atoms with E-state index in [1.54, 1.807) is 0 Å². The minimum atomic E-state index is -0.170. The van der Waals surface area contributed by atoms with Crippen molar-refractivity contribution in [1.29, 1.82) is 0 Å². The summed E-state index contributed by atoms with van der Waals surface area (Å²) in [6.07, 6.45) is 2.63. The van der Waals surface area contributed by atoms with E-state index in [0.29, 0.717) is 0 Å². The van der Waals surface area contributed by atoms with Crippen LogP contribution >= 0.6 is 0 Å². The van der Waals surface area contributed by atoms with E-state index in [4.69, 9.17) is 0 Å². The summed E-state index contributed by atoms with van der Waals surface area (Å²) in [4.78, 5) is 11.5. The van der Waals surface area contributed by atoms with E-state index in [1.807, 2.05) is 19.1 Å². The first-order valence-electron chi connectivity index (χ1n) is 9.40. The fourth-order valence-corrected chi connectivity index (χ4v) is 3.25. The van der Waals surface area contributed by atoms with Crippen LogP contribution in [0, 0.1) is 0 Å². The molecule has 0 unspecified atom stereocenters. The molecule has 3 rings (SSSR count). The van der Waals surface area contributed by atoms with Crippen LogP contribution in [0.25, 0.3) is 0 Å². The van der Waals surface area contributed by atoms with Gasteiger partial charge in [0.05, 0.1) is 6.04 Å². The highest BCUT2D eigenvalue weighted by Gasteiger charge is 2.18. The average Bonchev–Trinajstić information content (AvgIpc) is 3.09. The summed E-state index contributed by atoms with van der Waals surface area (Å²) in [5.41, 5.74) is 2.56. The third-order valence-corrected chi connectivity index (χ3v) is 4.61. The Balaban J connectivity index is 1.78. The Bertz CT molecular complexity index is 859. The standard InChI is InChI=1S/C22H26N4O/c1-17(23-18(2)27)22-25-24-21(14-13-19-9-5-3-6-10-19)26(22)16-15-20-11-7-4-8-12-20/h3-12,17H,13-16H2,1-2H3,(H,23,27)/t17-/m1/s1. The monoisotopic (exact) mass is 362 g/mol. The first-order chi connectivity index (χ1) is 13.1. The molecule has 0 aliphatic heterocycles. The maximum absolute atomic E-state index is 11.5. The summed E-state index contributed by atoms with van der Waals surface area (Å²) in [6, 6.07) is 20.6. The van der Waals surface area contributed by atoms with Gasteiger partial charge in [-0.3, -0.25) is 4.79 Å². The molecule has 1 heterocycles. The second kappa shape index (κ2) is 9.12. The molecule has 2 aromatic carbocycles. The lowest BCUT2D eigenvalue weighted by atomic mass is 10.1. The van der Waals surface area contributed by atoms with Crippen LogP contribution in [0.3, 0.4) is 0 Å². The van der Waals surface area contributed by atoms with E-state index in [0.717, 1.165) is 37.5 Å². The van der Waals surface area contributed by atoms with Crippen molar-refractivity contribution in [2.75, 3.05) is 0 Å². The summed E-state index contributed by atoms with van der Waals surface area (Å²) >= 11 is 0. The van der Waals surface area contributed by atoms with Crippen LogP contribution in [0.5, 0.6) is 0 Å². The fourth-order valence-electron chi connectivity index (χ4n) is 3.25. The van der Waals surface area contributed by atoms with E-state index >= 15 is 0 Å². The van der Waals surface area contributed by atoms with Crippen molar-refractivity contribution in [3.05, 3.63) is 83.4 Å². The molecule has 1 amide bonds. The number of nitrogens with one attached hydrogen (secondary N) is 1. The van der Waals surface area contributed by atoms with E-state index in [1.165, 1.54) is 18.1 Å². The molecule has 0 saturated carbocycles. The molecule has 1 N–H and O–H groups in total. The lowest BCUT2D eigenvalue weighted by molar-refractivity contribution is -0.119. The number of rotatable bonds is 8. The maximum atomic E-state index is 11.5. The lowest BCUT2D eigenvalue weighted by Crippen LogP contribution is -2.27. The second-order valence-corrected chi connectivity index (χ2v) is 6.77. The zero-order chi connectivity index (χ0) is 19.1. The van der Waals surface area contributed by atoms with E-state index in [2.05, 4.69) is 68.6 Å². The van der Waals surface area contributed by atoms with Crippen LogP contribution in [0.4, 0.5) is 0 Å². The van der Waals surface area contributed by atoms with Crippen LogP contribution in [-0.4, -0.2) is 20.7 Å². The number of benzene rings is 2. The number of amides is 1.